The van der Waals surface area contributed by atoms with Crippen LogP contribution in [-0.2, 0) is 0 Å². The third-order valence-electron chi connectivity index (χ3n) is 1.78. The van der Waals surface area contributed by atoms with Crippen LogP contribution in [0.1, 0.15) is 18.4 Å². The van der Waals surface area contributed by atoms with Crippen LogP contribution in [0.15, 0.2) is 5.57 Å². The molecule has 2 N–H and O–H groups in total. The third-order valence-corrected chi connectivity index (χ3v) is 1.78. The smallest absolute Gasteiger partial charge is 0.152 e. The van der Waals surface area contributed by atoms with E-state index in [-0.39, 0.29) is 0 Å². The summed E-state index contributed by atoms with van der Waals surface area (Å²) in [5, 5.41) is 3.22. The molecule has 3 nitrogen and oxygen atoms in total. The average Bonchev–Trinajstić information content (AvgIpc) is 2.27. The molecule has 1 aliphatic rings. The summed E-state index contributed by atoms with van der Waals surface area (Å²) < 4.78 is 0. The molecule has 0 saturated heterocycles. The van der Waals surface area contributed by atoms with Gasteiger partial charge in [0.15, 0.2) is 5.82 Å². The first-order valence-electron chi connectivity index (χ1n) is 3.73. The van der Waals surface area contributed by atoms with Gasteiger partial charge in [0.25, 0.3) is 0 Å². The van der Waals surface area contributed by atoms with Crippen molar-refractivity contribution in [3.8, 4) is 0 Å². The number of aryl methyl sites for hydroxylation is 1. The Balaban J connectivity index is 2.50. The van der Waals surface area contributed by atoms with E-state index in [0.29, 0.717) is 0 Å². The van der Waals surface area contributed by atoms with Crippen LogP contribution in [0.4, 0.5) is 5.82 Å². The van der Waals surface area contributed by atoms with Crippen molar-refractivity contribution in [1.82, 2.24) is 9.97 Å². The first-order chi connectivity index (χ1) is 5.25. The lowest BCUT2D eigenvalue weighted by Crippen LogP contribution is -2.08. The topological polar surface area (TPSA) is 40.7 Å². The summed E-state index contributed by atoms with van der Waals surface area (Å²) in [6, 6.07) is 0. The second-order valence-corrected chi connectivity index (χ2v) is 2.93. The summed E-state index contributed by atoms with van der Waals surface area (Å²) in [5.74, 6) is 1.95. The second kappa shape index (κ2) is 2.12. The van der Waals surface area contributed by atoms with Crippen molar-refractivity contribution in [1.29, 1.82) is 0 Å². The summed E-state index contributed by atoms with van der Waals surface area (Å²) in [4.78, 5) is 7.45. The molecule has 0 radical (unpaired) electrons. The van der Waals surface area contributed by atoms with Crippen molar-refractivity contribution in [3.63, 3.8) is 0 Å². The van der Waals surface area contributed by atoms with E-state index in [0.717, 1.165) is 23.9 Å². The highest BCUT2D eigenvalue weighted by molar-refractivity contribution is 5.66. The van der Waals surface area contributed by atoms with E-state index < -0.39 is 0 Å². The van der Waals surface area contributed by atoms with Gasteiger partial charge in [-0.05, 0) is 19.9 Å². The van der Waals surface area contributed by atoms with E-state index in [1.807, 2.05) is 6.92 Å². The van der Waals surface area contributed by atoms with Crippen LogP contribution < -0.4 is 5.32 Å². The Morgan fingerprint density at radius 3 is 3.09 bits per heavy atom. The zero-order valence-corrected chi connectivity index (χ0v) is 6.73. The number of fused-ring (bicyclic) bond motifs is 1. The Morgan fingerprint density at radius 1 is 1.45 bits per heavy atom. The lowest BCUT2D eigenvalue weighted by atomic mass is 10.2. The van der Waals surface area contributed by atoms with Gasteiger partial charge in [0, 0.05) is 6.54 Å². The Morgan fingerprint density at radius 2 is 2.27 bits per heavy atom. The van der Waals surface area contributed by atoms with Gasteiger partial charge in [-0.1, -0.05) is 5.57 Å². The SMILES string of the molecule is CC1=Cc2[nH]c(C)nc2NC1. The maximum absolute atomic E-state index is 4.27. The molecule has 2 heterocycles. The molecule has 0 fully saturated rings. The maximum Gasteiger partial charge on any atom is 0.152 e. The van der Waals surface area contributed by atoms with Crippen molar-refractivity contribution in [2.24, 2.45) is 0 Å². The number of imidazole rings is 1. The van der Waals surface area contributed by atoms with Crippen LogP contribution in [0.25, 0.3) is 6.08 Å². The molecule has 0 aromatic carbocycles. The molecule has 0 amide bonds. The number of hydrogen-bond acceptors (Lipinski definition) is 2. The van der Waals surface area contributed by atoms with Crippen LogP contribution in [0.5, 0.6) is 0 Å². The molecular formula is C8H11N3. The fourth-order valence-electron chi connectivity index (χ4n) is 1.27. The van der Waals surface area contributed by atoms with E-state index >= 15 is 0 Å². The summed E-state index contributed by atoms with van der Waals surface area (Å²) in [6.07, 6.45) is 2.13. The summed E-state index contributed by atoms with van der Waals surface area (Å²) in [5.41, 5.74) is 2.44. The van der Waals surface area contributed by atoms with Crippen molar-refractivity contribution >= 4 is 11.9 Å². The minimum atomic E-state index is 0.914. The Kier molecular flexibility index (Phi) is 1.24. The second-order valence-electron chi connectivity index (χ2n) is 2.93. The van der Waals surface area contributed by atoms with Gasteiger partial charge in [-0.3, -0.25) is 0 Å². The molecular weight excluding hydrogens is 138 g/mol. The predicted molar refractivity (Wildman–Crippen MR) is 45.5 cm³/mol. The predicted octanol–water partition coefficient (Wildman–Crippen LogP) is 1.55. The van der Waals surface area contributed by atoms with Gasteiger partial charge < -0.3 is 10.3 Å². The molecule has 1 aromatic rings. The van der Waals surface area contributed by atoms with Crippen LogP contribution in [-0.4, -0.2) is 16.5 Å². The lowest BCUT2D eigenvalue weighted by Gasteiger charge is -2.09. The highest BCUT2D eigenvalue weighted by atomic mass is 15.1. The largest absolute Gasteiger partial charge is 0.365 e. The molecule has 0 atom stereocenters. The van der Waals surface area contributed by atoms with E-state index in [2.05, 4.69) is 28.3 Å². The lowest BCUT2D eigenvalue weighted by molar-refractivity contribution is 1.14. The van der Waals surface area contributed by atoms with Gasteiger partial charge in [-0.15, -0.1) is 0 Å². The van der Waals surface area contributed by atoms with E-state index in [4.69, 9.17) is 0 Å². The van der Waals surface area contributed by atoms with Crippen molar-refractivity contribution < 1.29 is 0 Å². The van der Waals surface area contributed by atoms with E-state index in [1.54, 1.807) is 0 Å². The highest BCUT2D eigenvalue weighted by Crippen LogP contribution is 2.19. The first-order valence-corrected chi connectivity index (χ1v) is 3.73. The summed E-state index contributed by atoms with van der Waals surface area (Å²) in [7, 11) is 0. The number of H-pyrrole nitrogens is 1. The molecule has 58 valence electrons. The van der Waals surface area contributed by atoms with E-state index in [9.17, 15) is 0 Å². The minimum Gasteiger partial charge on any atom is -0.365 e. The average molecular weight is 149 g/mol. The number of anilines is 1. The van der Waals surface area contributed by atoms with E-state index in [1.165, 1.54) is 5.57 Å². The number of aromatic amines is 1. The Hall–Kier alpha value is -1.25. The van der Waals surface area contributed by atoms with Gasteiger partial charge in [-0.25, -0.2) is 4.98 Å². The number of nitrogens with zero attached hydrogens (tertiary/aromatic N) is 1. The van der Waals surface area contributed by atoms with Gasteiger partial charge >= 0.3 is 0 Å². The normalized spacial score (nSPS) is 15.3. The Bertz CT molecular complexity index is 309. The molecule has 0 unspecified atom stereocenters. The van der Waals surface area contributed by atoms with Gasteiger partial charge in [0.05, 0.1) is 5.69 Å². The monoisotopic (exact) mass is 149 g/mol. The quantitative estimate of drug-likeness (QED) is 0.587. The zero-order valence-electron chi connectivity index (χ0n) is 6.73. The number of rotatable bonds is 0. The van der Waals surface area contributed by atoms with Gasteiger partial charge in [0.1, 0.15) is 5.82 Å². The maximum atomic E-state index is 4.27. The number of hydrogen-bond donors (Lipinski definition) is 2. The molecule has 2 rings (SSSR count). The molecule has 11 heavy (non-hydrogen) atoms. The van der Waals surface area contributed by atoms with Gasteiger partial charge in [0.2, 0.25) is 0 Å². The fraction of sp³-hybridized carbons (Fsp3) is 0.375. The van der Waals surface area contributed by atoms with Crippen molar-refractivity contribution in [2.45, 2.75) is 13.8 Å². The summed E-state index contributed by atoms with van der Waals surface area (Å²) in [6.45, 7) is 4.98. The van der Waals surface area contributed by atoms with Crippen LogP contribution in [0.3, 0.4) is 0 Å². The molecule has 1 aromatic heterocycles. The molecule has 1 aliphatic heterocycles. The molecule has 0 spiro atoms. The van der Waals surface area contributed by atoms with Crippen molar-refractivity contribution in [2.75, 3.05) is 11.9 Å². The van der Waals surface area contributed by atoms with Crippen LogP contribution >= 0.6 is 0 Å². The highest BCUT2D eigenvalue weighted by Gasteiger charge is 2.09. The molecule has 0 saturated carbocycles. The molecule has 0 bridgehead atoms. The minimum absolute atomic E-state index is 0.914. The zero-order chi connectivity index (χ0) is 7.84. The first kappa shape index (κ1) is 6.46. The molecule has 0 aliphatic carbocycles. The number of aromatic nitrogens is 2. The Labute approximate surface area is 65.5 Å². The van der Waals surface area contributed by atoms with Crippen LogP contribution in [0.2, 0.25) is 0 Å². The standard InChI is InChI=1S/C8H11N3/c1-5-3-7-8(9-4-5)11-6(2)10-7/h3,9H,4H2,1-2H3,(H,10,11). The van der Waals surface area contributed by atoms with Crippen molar-refractivity contribution in [3.05, 3.63) is 17.1 Å². The van der Waals surface area contributed by atoms with Crippen LogP contribution in [0, 0.1) is 6.92 Å². The number of nitrogens with one attached hydrogen (secondary N) is 2. The third kappa shape index (κ3) is 1.02. The summed E-state index contributed by atoms with van der Waals surface area (Å²) >= 11 is 0. The molecule has 3 heteroatoms. The van der Waals surface area contributed by atoms with Gasteiger partial charge in [-0.2, -0.15) is 0 Å². The fourth-order valence-corrected chi connectivity index (χ4v) is 1.27.